The van der Waals surface area contributed by atoms with E-state index in [1.165, 1.54) is 0 Å². The maximum absolute atomic E-state index is 15.4. The Morgan fingerprint density at radius 3 is 0.985 bits per heavy atom. The van der Waals surface area contributed by atoms with Gasteiger partial charge >= 0.3 is 0 Å². The molecular formula is C41H14BF20NO2. The van der Waals surface area contributed by atoms with E-state index in [9.17, 15) is 62.6 Å². The summed E-state index contributed by atoms with van der Waals surface area (Å²) in [5, 5.41) is 10.6. The van der Waals surface area contributed by atoms with Crippen LogP contribution in [-0.2, 0) is 6.54 Å². The normalized spacial score (nSPS) is 11.6. The second-order valence-corrected chi connectivity index (χ2v) is 13.4. The van der Waals surface area contributed by atoms with Crippen LogP contribution < -0.4 is 26.4 Å². The van der Waals surface area contributed by atoms with Crippen molar-refractivity contribution < 1.29 is 102 Å². The first kappa shape index (κ1) is 47.3. The largest absolute Gasteiger partial charge is 0.507 e. The zero-order valence-corrected chi connectivity index (χ0v) is 31.0. The maximum atomic E-state index is 15.4. The van der Waals surface area contributed by atoms with Crippen LogP contribution in [0.25, 0.3) is 10.9 Å². The molecule has 1 heterocycles. The number of fused-ring (bicyclic) bond motifs is 1. The molecule has 0 spiro atoms. The quantitative estimate of drug-likeness (QED) is 0.0435. The summed E-state index contributed by atoms with van der Waals surface area (Å²) >= 11 is 0. The first-order valence-corrected chi connectivity index (χ1v) is 17.4. The van der Waals surface area contributed by atoms with Gasteiger partial charge in [-0.2, -0.15) is 4.57 Å². The smallest absolute Gasteiger partial charge is 0.227 e. The van der Waals surface area contributed by atoms with E-state index in [0.29, 0.717) is 5.56 Å². The topological polar surface area (TPSA) is 41.2 Å². The minimum atomic E-state index is -7.22. The van der Waals surface area contributed by atoms with Crippen LogP contribution in [0.4, 0.5) is 87.8 Å². The van der Waals surface area contributed by atoms with E-state index in [1.54, 1.807) is 12.3 Å². The lowest BCUT2D eigenvalue weighted by atomic mass is 9.12. The van der Waals surface area contributed by atoms with E-state index < -0.39 is 144 Å². The van der Waals surface area contributed by atoms with Crippen LogP contribution >= 0.6 is 0 Å². The first-order valence-electron chi connectivity index (χ1n) is 17.4. The van der Waals surface area contributed by atoms with Crippen molar-refractivity contribution in [1.82, 2.24) is 0 Å². The summed E-state index contributed by atoms with van der Waals surface area (Å²) in [6.07, 6.45) is -5.48. The number of benzene rings is 6. The highest BCUT2D eigenvalue weighted by molar-refractivity contribution is 7.20. The van der Waals surface area contributed by atoms with Gasteiger partial charge in [-0.25, -0.2) is 87.8 Å². The van der Waals surface area contributed by atoms with Gasteiger partial charge in [0, 0.05) is 17.7 Å². The van der Waals surface area contributed by atoms with Crippen molar-refractivity contribution in [3.63, 3.8) is 0 Å². The number of nitrogens with zero attached hydrogens (tertiary/aromatic N) is 1. The van der Waals surface area contributed by atoms with Crippen molar-refractivity contribution in [3.8, 4) is 5.75 Å². The number of rotatable bonds is 7. The summed E-state index contributed by atoms with van der Waals surface area (Å²) in [5.74, 6) is -71.1. The zero-order chi connectivity index (χ0) is 48.3. The number of Topliss-reactive ketones (excluding diaryl/α,β-unsaturated/α-hetero) is 1. The summed E-state index contributed by atoms with van der Waals surface area (Å²) in [6.45, 7) is 0.255. The molecule has 338 valence electrons. The number of para-hydroxylation sites is 1. The lowest BCUT2D eigenvalue weighted by molar-refractivity contribution is -0.657. The fourth-order valence-corrected chi connectivity index (χ4v) is 7.15. The molecule has 0 aliphatic heterocycles. The third-order valence-electron chi connectivity index (χ3n) is 10.0. The van der Waals surface area contributed by atoms with Crippen LogP contribution in [0.15, 0.2) is 66.9 Å². The first-order chi connectivity index (χ1) is 30.5. The van der Waals surface area contributed by atoms with E-state index >= 15 is 35.1 Å². The average molecular weight is 943 g/mol. The SMILES string of the molecule is Fc1c(F)c(F)c([B-](c2c(F)c(F)c(F)c(F)c2F)(c2c(F)c(F)c(F)c(F)c2F)c2c(F)c(F)c(F)c(F)c2F)c(F)c1F.O=C(C[n+]1ccc(O)c2ccccc21)c1ccccc1. The van der Waals surface area contributed by atoms with E-state index in [4.69, 9.17) is 0 Å². The minimum absolute atomic E-state index is 0.0476. The number of ketones is 1. The summed E-state index contributed by atoms with van der Waals surface area (Å²) < 4.78 is 296. The molecule has 24 heteroatoms. The van der Waals surface area contributed by atoms with E-state index in [0.717, 1.165) is 10.9 Å². The highest BCUT2D eigenvalue weighted by Crippen LogP contribution is 2.31. The summed E-state index contributed by atoms with van der Waals surface area (Å²) in [7, 11) is 0. The third kappa shape index (κ3) is 7.33. The van der Waals surface area contributed by atoms with Gasteiger partial charge in [0.15, 0.2) is 76.0 Å². The van der Waals surface area contributed by atoms with Gasteiger partial charge in [0.25, 0.3) is 0 Å². The van der Waals surface area contributed by atoms with E-state index in [1.807, 2.05) is 59.2 Å². The molecule has 0 amide bonds. The van der Waals surface area contributed by atoms with Crippen LogP contribution in [-0.4, -0.2) is 17.0 Å². The van der Waals surface area contributed by atoms with Crippen LogP contribution in [0, 0.1) is 116 Å². The number of pyridine rings is 1. The van der Waals surface area contributed by atoms with E-state index in [-0.39, 0.29) is 18.1 Å². The zero-order valence-electron chi connectivity index (χ0n) is 31.0. The lowest BCUT2D eigenvalue weighted by Crippen LogP contribution is -2.81. The second kappa shape index (κ2) is 17.4. The Hall–Kier alpha value is -7.14. The lowest BCUT2D eigenvalue weighted by Gasteiger charge is -2.44. The fourth-order valence-electron chi connectivity index (χ4n) is 7.15. The standard InChI is InChI=1S/C24BF20.C17H13NO2/c26-5-1(6(27)14(35)21(42)13(5)34)25(2-7(28)15(36)22(43)16(37)8(2)29,3-9(30)17(38)23(44)18(39)10(3)31)4-11(32)19(40)24(45)20(41)12(4)33;19-16-10-11-18(15-9-5-4-8-14(15)16)12-17(20)13-6-2-1-3-7-13/h;1-11H,12H2/q-1;/p+1. The van der Waals surface area contributed by atoms with Crippen molar-refractivity contribution in [2.24, 2.45) is 0 Å². The van der Waals surface area contributed by atoms with Gasteiger partial charge in [-0.3, -0.25) is 4.79 Å². The Bertz CT molecular complexity index is 2730. The molecule has 3 nitrogen and oxygen atoms in total. The van der Waals surface area contributed by atoms with Gasteiger partial charge in [0.2, 0.25) is 17.8 Å². The molecule has 0 unspecified atom stereocenters. The number of aromatic nitrogens is 1. The molecule has 7 rings (SSSR count). The average Bonchev–Trinajstić information content (AvgIpc) is 3.30. The monoisotopic (exact) mass is 943 g/mol. The highest BCUT2D eigenvalue weighted by Gasteiger charge is 2.52. The number of aromatic hydroxyl groups is 1. The van der Waals surface area contributed by atoms with Gasteiger partial charge in [-0.1, -0.05) is 42.5 Å². The molecule has 0 saturated carbocycles. The molecule has 1 aromatic heterocycles. The molecule has 0 atom stereocenters. The predicted octanol–water partition coefficient (Wildman–Crippen LogP) is 8.56. The van der Waals surface area contributed by atoms with Crippen molar-refractivity contribution in [2.45, 2.75) is 6.54 Å². The number of halogens is 20. The second-order valence-electron chi connectivity index (χ2n) is 13.4. The fraction of sp³-hybridized carbons (Fsp3) is 0.0244. The third-order valence-corrected chi connectivity index (χ3v) is 10.0. The van der Waals surface area contributed by atoms with Gasteiger partial charge in [0.05, 0.1) is 5.39 Å². The number of carbonyl (C=O) groups is 1. The Labute approximate surface area is 347 Å². The van der Waals surface area contributed by atoms with E-state index in [2.05, 4.69) is 0 Å². The summed E-state index contributed by atoms with van der Waals surface area (Å²) in [5.41, 5.74) is -12.8. The van der Waals surface area contributed by atoms with Crippen molar-refractivity contribution in [2.75, 3.05) is 0 Å². The molecule has 0 radical (unpaired) electrons. The number of hydrogen-bond acceptors (Lipinski definition) is 2. The Balaban J connectivity index is 0.000000289. The summed E-state index contributed by atoms with van der Waals surface area (Å²) in [4.78, 5) is 12.3. The van der Waals surface area contributed by atoms with Crippen molar-refractivity contribution in [3.05, 3.63) is 189 Å². The van der Waals surface area contributed by atoms with Crippen LogP contribution in [0.3, 0.4) is 0 Å². The Morgan fingerprint density at radius 2 is 0.662 bits per heavy atom. The molecular weight excluding hydrogens is 929 g/mol. The van der Waals surface area contributed by atoms with Crippen LogP contribution in [0.1, 0.15) is 10.4 Å². The molecule has 0 aliphatic rings. The molecule has 0 fully saturated rings. The Morgan fingerprint density at radius 1 is 0.385 bits per heavy atom. The van der Waals surface area contributed by atoms with Gasteiger partial charge in [0.1, 0.15) is 58.4 Å². The molecule has 1 N–H and O–H groups in total. The molecule has 7 aromatic rings. The minimum Gasteiger partial charge on any atom is -0.507 e. The van der Waals surface area contributed by atoms with Gasteiger partial charge < -0.3 is 5.11 Å². The van der Waals surface area contributed by atoms with Crippen molar-refractivity contribution in [1.29, 1.82) is 0 Å². The number of hydrogen-bond donors (Lipinski definition) is 1. The van der Waals surface area contributed by atoms with Crippen molar-refractivity contribution >= 4 is 44.7 Å². The molecule has 0 saturated heterocycles. The van der Waals surface area contributed by atoms with Gasteiger partial charge in [-0.15, -0.1) is 21.9 Å². The molecule has 0 aliphatic carbocycles. The number of carbonyl (C=O) groups excluding carboxylic acids is 1. The predicted molar refractivity (Wildman–Crippen MR) is 186 cm³/mol. The van der Waals surface area contributed by atoms with Crippen LogP contribution in [0.5, 0.6) is 5.75 Å². The Kier molecular flexibility index (Phi) is 12.7. The summed E-state index contributed by atoms with van der Waals surface area (Å²) in [6, 6.07) is 18.3. The molecule has 0 bridgehead atoms. The molecule has 65 heavy (non-hydrogen) atoms. The maximum Gasteiger partial charge on any atom is 0.227 e. The van der Waals surface area contributed by atoms with Gasteiger partial charge in [-0.05, 0) is 6.07 Å². The van der Waals surface area contributed by atoms with Crippen LogP contribution in [0.2, 0.25) is 0 Å². The molecule has 6 aromatic carbocycles. The highest BCUT2D eigenvalue weighted by atomic mass is 19.2.